The second-order valence-electron chi connectivity index (χ2n) is 3.36. The predicted molar refractivity (Wildman–Crippen MR) is 43.5 cm³/mol. The van der Waals surface area contributed by atoms with Gasteiger partial charge in [-0.3, -0.25) is 0 Å². The van der Waals surface area contributed by atoms with E-state index in [2.05, 4.69) is 27.7 Å². The Hall–Kier alpha value is 0. The van der Waals surface area contributed by atoms with E-state index >= 15 is 0 Å². The van der Waals surface area contributed by atoms with Gasteiger partial charge in [-0.25, -0.2) is 0 Å². The summed E-state index contributed by atoms with van der Waals surface area (Å²) in [6.07, 6.45) is 4.16. The minimum atomic E-state index is 0.872. The summed E-state index contributed by atoms with van der Waals surface area (Å²) in [5, 5.41) is 0. The Kier molecular flexibility index (Phi) is 4.84. The Balaban J connectivity index is 3.16. The summed E-state index contributed by atoms with van der Waals surface area (Å²) in [6, 6.07) is 0. The number of hydrogen-bond donors (Lipinski definition) is 0. The third-order valence-corrected chi connectivity index (χ3v) is 2.15. The normalized spacial score (nSPS) is 14.3. The van der Waals surface area contributed by atoms with Crippen molar-refractivity contribution >= 4 is 0 Å². The van der Waals surface area contributed by atoms with Crippen LogP contribution in [0, 0.1) is 11.8 Å². The van der Waals surface area contributed by atoms with Gasteiger partial charge < -0.3 is 0 Å². The maximum absolute atomic E-state index is 2.35. The summed E-state index contributed by atoms with van der Waals surface area (Å²) in [6.45, 7) is 9.22. The monoisotopic (exact) mass is 128 g/mol. The minimum Gasteiger partial charge on any atom is -0.0654 e. The van der Waals surface area contributed by atoms with Crippen LogP contribution in [0.15, 0.2) is 0 Å². The van der Waals surface area contributed by atoms with E-state index < -0.39 is 0 Å². The molecule has 0 fully saturated rings. The summed E-state index contributed by atoms with van der Waals surface area (Å²) < 4.78 is 0. The van der Waals surface area contributed by atoms with Gasteiger partial charge in [0.25, 0.3) is 0 Å². The molecule has 1 atom stereocenters. The zero-order valence-corrected chi connectivity index (χ0v) is 7.28. The lowest BCUT2D eigenvalue weighted by atomic mass is 9.93. The highest BCUT2D eigenvalue weighted by Crippen LogP contribution is 2.16. The molecule has 0 spiro atoms. The van der Waals surface area contributed by atoms with Gasteiger partial charge in [0, 0.05) is 0 Å². The van der Waals surface area contributed by atoms with Gasteiger partial charge in [-0.1, -0.05) is 47.0 Å². The molecule has 0 N–H and O–H groups in total. The van der Waals surface area contributed by atoms with Crippen LogP contribution < -0.4 is 0 Å². The van der Waals surface area contributed by atoms with Crippen LogP contribution in [0.4, 0.5) is 0 Å². The van der Waals surface area contributed by atoms with Gasteiger partial charge in [-0.2, -0.15) is 0 Å². The van der Waals surface area contributed by atoms with Crippen LogP contribution in [-0.4, -0.2) is 0 Å². The van der Waals surface area contributed by atoms with Gasteiger partial charge in [-0.15, -0.1) is 0 Å². The van der Waals surface area contributed by atoms with E-state index in [0.717, 1.165) is 11.8 Å². The fourth-order valence-corrected chi connectivity index (χ4v) is 0.859. The second kappa shape index (κ2) is 4.84. The molecule has 0 heterocycles. The summed E-state index contributed by atoms with van der Waals surface area (Å²) in [4.78, 5) is 0. The lowest BCUT2D eigenvalue weighted by Crippen LogP contribution is -2.02. The van der Waals surface area contributed by atoms with Crippen molar-refractivity contribution < 1.29 is 0 Å². The standard InChI is InChI=1S/C9H20/c1-5-6-7-9(4)8(2)3/h8-9H,5-7H2,1-4H3/t9-/m0/s1. The van der Waals surface area contributed by atoms with E-state index in [0.29, 0.717) is 0 Å². The Morgan fingerprint density at radius 3 is 2.00 bits per heavy atom. The fourth-order valence-electron chi connectivity index (χ4n) is 0.859. The molecule has 0 saturated heterocycles. The van der Waals surface area contributed by atoms with Crippen molar-refractivity contribution in [1.29, 1.82) is 0 Å². The molecule has 0 aliphatic heterocycles. The van der Waals surface area contributed by atoms with Crippen LogP contribution in [0.1, 0.15) is 47.0 Å². The van der Waals surface area contributed by atoms with E-state index in [4.69, 9.17) is 0 Å². The molecule has 0 bridgehead atoms. The molecule has 0 nitrogen and oxygen atoms in total. The van der Waals surface area contributed by atoms with E-state index in [1.807, 2.05) is 0 Å². The molecule has 0 amide bonds. The van der Waals surface area contributed by atoms with Crippen molar-refractivity contribution in [2.75, 3.05) is 0 Å². The van der Waals surface area contributed by atoms with Crippen LogP contribution in [0.25, 0.3) is 0 Å². The highest BCUT2D eigenvalue weighted by atomic mass is 14.1. The number of unbranched alkanes of at least 4 members (excludes halogenated alkanes) is 1. The SMILES string of the molecule is CCCC[C@H](C)C(C)C. The van der Waals surface area contributed by atoms with Crippen LogP contribution in [0.2, 0.25) is 0 Å². The first-order valence-corrected chi connectivity index (χ1v) is 4.18. The zero-order valence-electron chi connectivity index (χ0n) is 7.28. The van der Waals surface area contributed by atoms with Crippen LogP contribution >= 0.6 is 0 Å². The molecule has 9 heavy (non-hydrogen) atoms. The third-order valence-electron chi connectivity index (χ3n) is 2.15. The second-order valence-corrected chi connectivity index (χ2v) is 3.36. The molecule has 0 aliphatic carbocycles. The zero-order chi connectivity index (χ0) is 7.28. The van der Waals surface area contributed by atoms with Crippen LogP contribution in [-0.2, 0) is 0 Å². The molecule has 0 unspecified atom stereocenters. The first-order valence-electron chi connectivity index (χ1n) is 4.18. The van der Waals surface area contributed by atoms with Crippen molar-refractivity contribution in [2.45, 2.75) is 47.0 Å². The fraction of sp³-hybridized carbons (Fsp3) is 1.00. The summed E-state index contributed by atoms with van der Waals surface area (Å²) >= 11 is 0. The molecule has 56 valence electrons. The van der Waals surface area contributed by atoms with Gasteiger partial charge in [0.05, 0.1) is 0 Å². The molecular weight excluding hydrogens is 108 g/mol. The molecule has 0 radical (unpaired) electrons. The van der Waals surface area contributed by atoms with Gasteiger partial charge in [-0.05, 0) is 11.8 Å². The maximum atomic E-state index is 2.35. The van der Waals surface area contributed by atoms with Crippen LogP contribution in [0.5, 0.6) is 0 Å². The van der Waals surface area contributed by atoms with E-state index in [1.165, 1.54) is 19.3 Å². The summed E-state index contributed by atoms with van der Waals surface area (Å²) in [7, 11) is 0. The van der Waals surface area contributed by atoms with Crippen molar-refractivity contribution in [3.8, 4) is 0 Å². The average Bonchev–Trinajstić information content (AvgIpc) is 1.82. The highest BCUT2D eigenvalue weighted by Gasteiger charge is 2.04. The van der Waals surface area contributed by atoms with Crippen molar-refractivity contribution in [3.63, 3.8) is 0 Å². The third kappa shape index (κ3) is 4.50. The Morgan fingerprint density at radius 2 is 1.67 bits per heavy atom. The van der Waals surface area contributed by atoms with Gasteiger partial charge in [0.2, 0.25) is 0 Å². The summed E-state index contributed by atoms with van der Waals surface area (Å²) in [5.41, 5.74) is 0. The minimum absolute atomic E-state index is 0.872. The Labute approximate surface area is 59.7 Å². The van der Waals surface area contributed by atoms with E-state index in [9.17, 15) is 0 Å². The molecule has 0 aromatic heterocycles. The van der Waals surface area contributed by atoms with Gasteiger partial charge >= 0.3 is 0 Å². The lowest BCUT2D eigenvalue weighted by Gasteiger charge is -2.13. The lowest BCUT2D eigenvalue weighted by molar-refractivity contribution is 0.381. The first-order chi connectivity index (χ1) is 4.18. The smallest absolute Gasteiger partial charge is 0.0420 e. The number of hydrogen-bond acceptors (Lipinski definition) is 0. The average molecular weight is 128 g/mol. The van der Waals surface area contributed by atoms with Crippen molar-refractivity contribution in [3.05, 3.63) is 0 Å². The molecular formula is C9H20. The van der Waals surface area contributed by atoms with Gasteiger partial charge in [0.15, 0.2) is 0 Å². The maximum Gasteiger partial charge on any atom is -0.0420 e. The van der Waals surface area contributed by atoms with E-state index in [1.54, 1.807) is 0 Å². The van der Waals surface area contributed by atoms with Gasteiger partial charge in [0.1, 0.15) is 0 Å². The quantitative estimate of drug-likeness (QED) is 0.544. The summed E-state index contributed by atoms with van der Waals surface area (Å²) in [5.74, 6) is 1.79. The molecule has 0 aromatic carbocycles. The Bertz CT molecular complexity index is 55.1. The predicted octanol–water partition coefficient (Wildman–Crippen LogP) is 3.47. The molecule has 0 rings (SSSR count). The Morgan fingerprint density at radius 1 is 1.11 bits per heavy atom. The highest BCUT2D eigenvalue weighted by molar-refractivity contribution is 4.55. The molecule has 0 heteroatoms. The van der Waals surface area contributed by atoms with Crippen molar-refractivity contribution in [2.24, 2.45) is 11.8 Å². The molecule has 0 aliphatic rings. The van der Waals surface area contributed by atoms with Crippen molar-refractivity contribution in [1.82, 2.24) is 0 Å². The topological polar surface area (TPSA) is 0 Å². The van der Waals surface area contributed by atoms with E-state index in [-0.39, 0.29) is 0 Å². The largest absolute Gasteiger partial charge is 0.0654 e. The molecule has 0 aromatic rings. The van der Waals surface area contributed by atoms with Crippen LogP contribution in [0.3, 0.4) is 0 Å². The number of rotatable bonds is 4. The molecule has 0 saturated carbocycles. The first kappa shape index (κ1) is 9.00.